The van der Waals surface area contributed by atoms with Gasteiger partial charge in [-0.1, -0.05) is 12.1 Å². The van der Waals surface area contributed by atoms with Crippen LogP contribution in [0.15, 0.2) is 24.3 Å². The number of nitrogens with zero attached hydrogens (tertiary/aromatic N) is 1. The molecule has 0 bridgehead atoms. The van der Waals surface area contributed by atoms with Gasteiger partial charge in [0.15, 0.2) is 0 Å². The van der Waals surface area contributed by atoms with Crippen molar-refractivity contribution in [3.8, 4) is 0 Å². The first kappa shape index (κ1) is 13.0. The van der Waals surface area contributed by atoms with E-state index in [0.717, 1.165) is 5.56 Å². The molecule has 2 N–H and O–H groups in total. The van der Waals surface area contributed by atoms with Crippen molar-refractivity contribution in [1.29, 1.82) is 0 Å². The molecule has 0 aromatic heterocycles. The summed E-state index contributed by atoms with van der Waals surface area (Å²) in [5.41, 5.74) is 1.55. The van der Waals surface area contributed by atoms with E-state index in [2.05, 4.69) is 0 Å². The van der Waals surface area contributed by atoms with Crippen LogP contribution in [-0.4, -0.2) is 53.4 Å². The molecule has 5 nitrogen and oxygen atoms in total. The third-order valence-corrected chi connectivity index (χ3v) is 3.06. The molecule has 1 aliphatic heterocycles. The molecule has 1 aromatic rings. The molecule has 1 saturated heterocycles. The van der Waals surface area contributed by atoms with Crippen LogP contribution in [0.5, 0.6) is 0 Å². The standard InChI is InChI=1S/C13H17NO4/c1-18-8-9-2-4-10(5-3-9)13(17)14-6-11(15)12(16)7-14/h2-5,11-12,15-16H,6-8H2,1H3. The van der Waals surface area contributed by atoms with Crippen LogP contribution in [0.3, 0.4) is 0 Å². The van der Waals surface area contributed by atoms with Crippen LogP contribution in [0.4, 0.5) is 0 Å². The molecule has 1 heterocycles. The molecule has 0 radical (unpaired) electrons. The number of aliphatic hydroxyl groups excluding tert-OH is 2. The summed E-state index contributed by atoms with van der Waals surface area (Å²) in [7, 11) is 1.62. The number of benzene rings is 1. The zero-order valence-corrected chi connectivity index (χ0v) is 10.2. The van der Waals surface area contributed by atoms with E-state index in [1.165, 1.54) is 4.90 Å². The Hall–Kier alpha value is -1.43. The van der Waals surface area contributed by atoms with Crippen molar-refractivity contribution in [1.82, 2.24) is 4.90 Å². The van der Waals surface area contributed by atoms with Crippen molar-refractivity contribution in [3.63, 3.8) is 0 Å². The predicted molar refractivity (Wildman–Crippen MR) is 65.1 cm³/mol. The van der Waals surface area contributed by atoms with Crippen molar-refractivity contribution >= 4 is 5.91 Å². The summed E-state index contributed by atoms with van der Waals surface area (Å²) in [4.78, 5) is 13.5. The molecule has 98 valence electrons. The second-order valence-corrected chi connectivity index (χ2v) is 4.47. The van der Waals surface area contributed by atoms with Crippen molar-refractivity contribution in [2.24, 2.45) is 0 Å². The third-order valence-electron chi connectivity index (χ3n) is 3.06. The van der Waals surface area contributed by atoms with Crippen molar-refractivity contribution < 1.29 is 19.7 Å². The number of β-amino-alcohol motifs (C(OH)–C–C–N with tert-alkyl or cyclic N) is 2. The quantitative estimate of drug-likeness (QED) is 0.794. The second-order valence-electron chi connectivity index (χ2n) is 4.47. The van der Waals surface area contributed by atoms with Gasteiger partial charge < -0.3 is 19.8 Å². The number of hydrogen-bond acceptors (Lipinski definition) is 4. The van der Waals surface area contributed by atoms with E-state index in [-0.39, 0.29) is 19.0 Å². The van der Waals surface area contributed by atoms with Gasteiger partial charge in [0, 0.05) is 25.8 Å². The van der Waals surface area contributed by atoms with Crippen molar-refractivity contribution in [2.45, 2.75) is 18.8 Å². The van der Waals surface area contributed by atoms with Gasteiger partial charge in [0.05, 0.1) is 18.8 Å². The lowest BCUT2D eigenvalue weighted by Gasteiger charge is -2.15. The van der Waals surface area contributed by atoms with Gasteiger partial charge in [-0.3, -0.25) is 4.79 Å². The lowest BCUT2D eigenvalue weighted by Crippen LogP contribution is -2.29. The maximum absolute atomic E-state index is 12.1. The predicted octanol–water partition coefficient (Wildman–Crippen LogP) is 0.0106. The highest BCUT2D eigenvalue weighted by atomic mass is 16.5. The van der Waals surface area contributed by atoms with Gasteiger partial charge in [-0.2, -0.15) is 0 Å². The average molecular weight is 251 g/mol. The SMILES string of the molecule is COCc1ccc(C(=O)N2CC(O)C(O)C2)cc1. The zero-order chi connectivity index (χ0) is 13.1. The number of ether oxygens (including phenoxy) is 1. The van der Waals surface area contributed by atoms with E-state index in [1.807, 2.05) is 12.1 Å². The summed E-state index contributed by atoms with van der Waals surface area (Å²) in [6, 6.07) is 7.13. The number of likely N-dealkylation sites (tertiary alicyclic amines) is 1. The Balaban J connectivity index is 2.05. The molecule has 5 heteroatoms. The maximum Gasteiger partial charge on any atom is 0.254 e. The van der Waals surface area contributed by atoms with E-state index in [9.17, 15) is 15.0 Å². The van der Waals surface area contributed by atoms with E-state index >= 15 is 0 Å². The van der Waals surface area contributed by atoms with Crippen LogP contribution in [0, 0.1) is 0 Å². The van der Waals surface area contributed by atoms with Crippen LogP contribution in [-0.2, 0) is 11.3 Å². The topological polar surface area (TPSA) is 70.0 Å². The summed E-state index contributed by atoms with van der Waals surface area (Å²) in [6.07, 6.45) is -1.69. The van der Waals surface area contributed by atoms with Crippen LogP contribution in [0.2, 0.25) is 0 Å². The summed E-state index contributed by atoms with van der Waals surface area (Å²) >= 11 is 0. The fourth-order valence-electron chi connectivity index (χ4n) is 2.03. The molecule has 0 saturated carbocycles. The van der Waals surface area contributed by atoms with Crippen LogP contribution < -0.4 is 0 Å². The normalized spacial score (nSPS) is 23.4. The molecule has 0 spiro atoms. The average Bonchev–Trinajstić information content (AvgIpc) is 2.70. The molecule has 1 aliphatic rings. The second kappa shape index (κ2) is 5.48. The minimum absolute atomic E-state index is 0.172. The first-order chi connectivity index (χ1) is 8.61. The summed E-state index contributed by atoms with van der Waals surface area (Å²) in [6.45, 7) is 0.870. The van der Waals surface area contributed by atoms with Gasteiger partial charge in [-0.15, -0.1) is 0 Å². The number of rotatable bonds is 3. The molecule has 0 aliphatic carbocycles. The highest BCUT2D eigenvalue weighted by Crippen LogP contribution is 2.15. The van der Waals surface area contributed by atoms with E-state index in [0.29, 0.717) is 12.2 Å². The third kappa shape index (κ3) is 2.69. The Labute approximate surface area is 106 Å². The molecule has 1 aromatic carbocycles. The maximum atomic E-state index is 12.1. The van der Waals surface area contributed by atoms with Gasteiger partial charge in [0.2, 0.25) is 0 Å². The van der Waals surface area contributed by atoms with Gasteiger partial charge in [0.25, 0.3) is 5.91 Å². The highest BCUT2D eigenvalue weighted by Gasteiger charge is 2.32. The van der Waals surface area contributed by atoms with E-state index < -0.39 is 12.2 Å². The monoisotopic (exact) mass is 251 g/mol. The van der Waals surface area contributed by atoms with E-state index in [1.54, 1.807) is 19.2 Å². The Kier molecular flexibility index (Phi) is 3.96. The van der Waals surface area contributed by atoms with Crippen LogP contribution in [0.25, 0.3) is 0 Å². The lowest BCUT2D eigenvalue weighted by atomic mass is 10.1. The molecule has 2 atom stereocenters. The molecular formula is C13H17NO4. The first-order valence-electron chi connectivity index (χ1n) is 5.85. The number of carbonyl (C=O) groups excluding carboxylic acids is 1. The van der Waals surface area contributed by atoms with Crippen LogP contribution >= 0.6 is 0 Å². The number of aliphatic hydroxyl groups is 2. The van der Waals surface area contributed by atoms with Crippen molar-refractivity contribution in [3.05, 3.63) is 35.4 Å². The van der Waals surface area contributed by atoms with Gasteiger partial charge in [0.1, 0.15) is 0 Å². The summed E-state index contributed by atoms with van der Waals surface area (Å²) < 4.78 is 4.99. The largest absolute Gasteiger partial charge is 0.388 e. The van der Waals surface area contributed by atoms with Gasteiger partial charge >= 0.3 is 0 Å². The fourth-order valence-corrected chi connectivity index (χ4v) is 2.03. The Bertz CT molecular complexity index is 408. The zero-order valence-electron chi connectivity index (χ0n) is 10.2. The molecule has 18 heavy (non-hydrogen) atoms. The summed E-state index contributed by atoms with van der Waals surface area (Å²) in [5.74, 6) is -0.172. The Morgan fingerprint density at radius 2 is 1.83 bits per heavy atom. The first-order valence-corrected chi connectivity index (χ1v) is 5.85. The molecule has 2 rings (SSSR count). The van der Waals surface area contributed by atoms with Crippen LogP contribution in [0.1, 0.15) is 15.9 Å². The molecule has 2 unspecified atom stereocenters. The highest BCUT2D eigenvalue weighted by molar-refractivity contribution is 5.94. The number of amides is 1. The number of methoxy groups -OCH3 is 1. The lowest BCUT2D eigenvalue weighted by molar-refractivity contribution is 0.0572. The smallest absolute Gasteiger partial charge is 0.254 e. The van der Waals surface area contributed by atoms with Gasteiger partial charge in [-0.25, -0.2) is 0 Å². The fraction of sp³-hybridized carbons (Fsp3) is 0.462. The molecular weight excluding hydrogens is 234 g/mol. The summed E-state index contributed by atoms with van der Waals surface area (Å²) in [5, 5.41) is 18.8. The molecule has 1 amide bonds. The number of carbonyl (C=O) groups is 1. The van der Waals surface area contributed by atoms with Gasteiger partial charge in [-0.05, 0) is 17.7 Å². The Morgan fingerprint density at radius 3 is 2.33 bits per heavy atom. The molecule has 1 fully saturated rings. The van der Waals surface area contributed by atoms with E-state index in [4.69, 9.17) is 4.74 Å². The minimum atomic E-state index is -0.846. The van der Waals surface area contributed by atoms with Crippen molar-refractivity contribution in [2.75, 3.05) is 20.2 Å². The number of hydrogen-bond donors (Lipinski definition) is 2. The Morgan fingerprint density at radius 1 is 1.28 bits per heavy atom. The minimum Gasteiger partial charge on any atom is -0.388 e.